The van der Waals surface area contributed by atoms with Gasteiger partial charge in [0.15, 0.2) is 0 Å². The van der Waals surface area contributed by atoms with Crippen molar-refractivity contribution in [3.63, 3.8) is 0 Å². The summed E-state index contributed by atoms with van der Waals surface area (Å²) in [6, 6.07) is 15.0. The van der Waals surface area contributed by atoms with Gasteiger partial charge in [0, 0.05) is 12.6 Å². The van der Waals surface area contributed by atoms with Crippen LogP contribution in [0.15, 0.2) is 48.5 Å². The highest BCUT2D eigenvalue weighted by molar-refractivity contribution is 5.49. The molecule has 0 amide bonds. The van der Waals surface area contributed by atoms with E-state index in [1.54, 1.807) is 19.2 Å². The molecule has 2 nitrogen and oxygen atoms in total. The van der Waals surface area contributed by atoms with Gasteiger partial charge in [-0.1, -0.05) is 30.3 Å². The number of anilines is 1. The molecule has 0 spiro atoms. The molecule has 0 saturated carbocycles. The maximum Gasteiger partial charge on any atom is 0.146 e. The highest BCUT2D eigenvalue weighted by Crippen LogP contribution is 2.21. The Bertz CT molecular complexity index is 513. The summed E-state index contributed by atoms with van der Waals surface area (Å²) in [4.78, 5) is 0. The van der Waals surface area contributed by atoms with Gasteiger partial charge in [-0.05, 0) is 30.5 Å². The topological polar surface area (TPSA) is 21.3 Å². The van der Waals surface area contributed by atoms with E-state index in [0.29, 0.717) is 11.4 Å². The van der Waals surface area contributed by atoms with Gasteiger partial charge in [-0.25, -0.2) is 4.39 Å². The van der Waals surface area contributed by atoms with Crippen molar-refractivity contribution in [3.05, 3.63) is 59.9 Å². The first-order chi connectivity index (χ1) is 9.29. The molecule has 0 aliphatic heterocycles. The van der Waals surface area contributed by atoms with Gasteiger partial charge in [-0.2, -0.15) is 0 Å². The molecular formula is C16H18FNO. The van der Waals surface area contributed by atoms with Gasteiger partial charge >= 0.3 is 0 Å². The Morgan fingerprint density at radius 1 is 1.11 bits per heavy atom. The summed E-state index contributed by atoms with van der Waals surface area (Å²) in [5.41, 5.74) is 1.79. The first-order valence-electron chi connectivity index (χ1n) is 6.41. The van der Waals surface area contributed by atoms with Gasteiger partial charge < -0.3 is 10.1 Å². The summed E-state index contributed by atoms with van der Waals surface area (Å²) >= 11 is 0. The molecule has 0 radical (unpaired) electrons. The lowest BCUT2D eigenvalue weighted by Crippen LogP contribution is -2.05. The molecule has 1 N–H and O–H groups in total. The van der Waals surface area contributed by atoms with Crippen LogP contribution in [-0.2, 0) is 6.42 Å². The summed E-state index contributed by atoms with van der Waals surface area (Å²) in [5, 5.41) is 3.10. The molecule has 3 heteroatoms. The third-order valence-electron chi connectivity index (χ3n) is 2.97. The van der Waals surface area contributed by atoms with Crippen LogP contribution in [0.1, 0.15) is 12.0 Å². The van der Waals surface area contributed by atoms with Crippen LogP contribution >= 0.6 is 0 Å². The first kappa shape index (κ1) is 13.4. The van der Waals surface area contributed by atoms with Crippen molar-refractivity contribution in [2.24, 2.45) is 0 Å². The Morgan fingerprint density at radius 3 is 2.63 bits per heavy atom. The zero-order valence-electron chi connectivity index (χ0n) is 11.0. The minimum atomic E-state index is -0.250. The van der Waals surface area contributed by atoms with Crippen LogP contribution in [0.3, 0.4) is 0 Å². The van der Waals surface area contributed by atoms with Gasteiger partial charge in [0.05, 0.1) is 12.8 Å². The first-order valence-corrected chi connectivity index (χ1v) is 6.41. The maximum atomic E-state index is 13.5. The second-order valence-corrected chi connectivity index (χ2v) is 4.36. The maximum absolute atomic E-state index is 13.5. The minimum absolute atomic E-state index is 0.250. The van der Waals surface area contributed by atoms with E-state index < -0.39 is 0 Å². The van der Waals surface area contributed by atoms with E-state index >= 15 is 0 Å². The highest BCUT2D eigenvalue weighted by atomic mass is 19.1. The van der Waals surface area contributed by atoms with Gasteiger partial charge in [0.2, 0.25) is 0 Å². The quantitative estimate of drug-likeness (QED) is 0.795. The number of ether oxygens (including phenoxy) is 1. The largest absolute Gasteiger partial charge is 0.497 e. The van der Waals surface area contributed by atoms with Crippen LogP contribution in [0.5, 0.6) is 5.75 Å². The van der Waals surface area contributed by atoms with E-state index in [9.17, 15) is 4.39 Å². The van der Waals surface area contributed by atoms with Crippen molar-refractivity contribution in [1.29, 1.82) is 0 Å². The van der Waals surface area contributed by atoms with Crippen molar-refractivity contribution in [2.45, 2.75) is 12.8 Å². The lowest BCUT2D eigenvalue weighted by Gasteiger charge is -2.09. The average molecular weight is 259 g/mol. The Kier molecular flexibility index (Phi) is 4.78. The van der Waals surface area contributed by atoms with E-state index in [0.717, 1.165) is 19.4 Å². The van der Waals surface area contributed by atoms with Gasteiger partial charge in [0.25, 0.3) is 0 Å². The summed E-state index contributed by atoms with van der Waals surface area (Å²) in [7, 11) is 1.58. The number of rotatable bonds is 6. The molecule has 0 bridgehead atoms. The molecule has 0 aliphatic rings. The third kappa shape index (κ3) is 3.98. The molecule has 19 heavy (non-hydrogen) atoms. The number of hydrogen-bond donors (Lipinski definition) is 1. The number of nitrogens with one attached hydrogen (secondary N) is 1. The predicted molar refractivity (Wildman–Crippen MR) is 76.2 cm³/mol. The fraction of sp³-hybridized carbons (Fsp3) is 0.250. The van der Waals surface area contributed by atoms with E-state index in [1.807, 2.05) is 18.2 Å². The molecule has 2 aromatic carbocycles. The molecule has 0 aliphatic carbocycles. The fourth-order valence-corrected chi connectivity index (χ4v) is 1.93. The molecule has 0 heterocycles. The van der Waals surface area contributed by atoms with E-state index in [4.69, 9.17) is 4.74 Å². The summed E-state index contributed by atoms with van der Waals surface area (Å²) in [6.07, 6.45) is 1.94. The molecule has 100 valence electrons. The van der Waals surface area contributed by atoms with Gasteiger partial charge in [-0.15, -0.1) is 0 Å². The Balaban J connectivity index is 1.82. The lowest BCUT2D eigenvalue weighted by molar-refractivity contribution is 0.414. The monoisotopic (exact) mass is 259 g/mol. The molecule has 0 saturated heterocycles. The fourth-order valence-electron chi connectivity index (χ4n) is 1.93. The van der Waals surface area contributed by atoms with Crippen LogP contribution in [0.25, 0.3) is 0 Å². The molecule has 0 unspecified atom stereocenters. The molecule has 2 rings (SSSR count). The van der Waals surface area contributed by atoms with Crippen LogP contribution in [-0.4, -0.2) is 13.7 Å². The van der Waals surface area contributed by atoms with Crippen LogP contribution in [0, 0.1) is 5.82 Å². The summed E-state index contributed by atoms with van der Waals surface area (Å²) < 4.78 is 18.6. The van der Waals surface area contributed by atoms with E-state index in [2.05, 4.69) is 17.4 Å². The number of halogens is 1. The predicted octanol–water partition coefficient (Wildman–Crippen LogP) is 3.88. The summed E-state index contributed by atoms with van der Waals surface area (Å²) in [6.45, 7) is 0.735. The van der Waals surface area contributed by atoms with Crippen LogP contribution < -0.4 is 10.1 Å². The van der Waals surface area contributed by atoms with Crippen molar-refractivity contribution in [1.82, 2.24) is 0 Å². The van der Waals surface area contributed by atoms with Crippen LogP contribution in [0.4, 0.5) is 10.1 Å². The van der Waals surface area contributed by atoms with Gasteiger partial charge in [0.1, 0.15) is 11.6 Å². The highest BCUT2D eigenvalue weighted by Gasteiger charge is 2.03. The van der Waals surface area contributed by atoms with Crippen molar-refractivity contribution >= 4 is 5.69 Å². The van der Waals surface area contributed by atoms with E-state index in [-0.39, 0.29) is 5.82 Å². The van der Waals surface area contributed by atoms with Crippen LogP contribution in [0.2, 0.25) is 0 Å². The molecule has 0 atom stereocenters. The molecular weight excluding hydrogens is 241 g/mol. The Hall–Kier alpha value is -2.03. The normalized spacial score (nSPS) is 10.2. The zero-order chi connectivity index (χ0) is 13.5. The minimum Gasteiger partial charge on any atom is -0.497 e. The van der Waals surface area contributed by atoms with E-state index in [1.165, 1.54) is 11.6 Å². The second kappa shape index (κ2) is 6.78. The SMILES string of the molecule is COc1ccc(F)c(NCCCc2ccccc2)c1. The second-order valence-electron chi connectivity index (χ2n) is 4.36. The number of methoxy groups -OCH3 is 1. The summed E-state index contributed by atoms with van der Waals surface area (Å²) in [5.74, 6) is 0.410. The van der Waals surface area contributed by atoms with Crippen molar-refractivity contribution in [2.75, 3.05) is 19.0 Å². The third-order valence-corrected chi connectivity index (χ3v) is 2.97. The number of aryl methyl sites for hydroxylation is 1. The molecule has 0 fully saturated rings. The number of benzene rings is 2. The standard InChI is InChI=1S/C16H18FNO/c1-19-14-9-10-15(17)16(12-14)18-11-5-8-13-6-3-2-4-7-13/h2-4,6-7,9-10,12,18H,5,8,11H2,1H3. The zero-order valence-corrected chi connectivity index (χ0v) is 11.0. The van der Waals surface area contributed by atoms with Gasteiger partial charge in [-0.3, -0.25) is 0 Å². The smallest absolute Gasteiger partial charge is 0.146 e. The Morgan fingerprint density at radius 2 is 1.89 bits per heavy atom. The number of hydrogen-bond acceptors (Lipinski definition) is 2. The average Bonchev–Trinajstić information content (AvgIpc) is 2.46. The van der Waals surface area contributed by atoms with Crippen molar-refractivity contribution < 1.29 is 9.13 Å². The molecule has 0 aromatic heterocycles. The Labute approximate surface area is 113 Å². The lowest BCUT2D eigenvalue weighted by atomic mass is 10.1. The molecule has 2 aromatic rings. The van der Waals surface area contributed by atoms with Crippen molar-refractivity contribution in [3.8, 4) is 5.75 Å².